The lowest BCUT2D eigenvalue weighted by Crippen LogP contribution is -1.97. The Balaban J connectivity index is 2.29. The maximum Gasteiger partial charge on any atom is 0.216 e. The van der Waals surface area contributed by atoms with Crippen molar-refractivity contribution in [2.45, 2.75) is 13.3 Å². The van der Waals surface area contributed by atoms with Gasteiger partial charge in [-0.15, -0.1) is 0 Å². The maximum absolute atomic E-state index is 5.15. The molecule has 1 aromatic carbocycles. The number of aromatic nitrogens is 3. The van der Waals surface area contributed by atoms with Crippen LogP contribution in [0, 0.1) is 4.77 Å². The minimum atomic E-state index is 0.492. The highest BCUT2D eigenvalue weighted by molar-refractivity contribution is 7.71. The predicted molar refractivity (Wildman–Crippen MR) is 72.8 cm³/mol. The molecule has 0 atom stereocenters. The van der Waals surface area contributed by atoms with Gasteiger partial charge in [-0.2, -0.15) is 14.9 Å². The van der Waals surface area contributed by atoms with Crippen molar-refractivity contribution in [3.63, 3.8) is 0 Å². The molecule has 0 saturated heterocycles. The molecule has 5 nitrogen and oxygen atoms in total. The molecule has 18 heavy (non-hydrogen) atoms. The normalized spacial score (nSPS) is 11.0. The van der Waals surface area contributed by atoms with Gasteiger partial charge in [0.1, 0.15) is 5.75 Å². The van der Waals surface area contributed by atoms with Crippen LogP contribution in [0.5, 0.6) is 5.75 Å². The van der Waals surface area contributed by atoms with Crippen LogP contribution in [-0.4, -0.2) is 28.2 Å². The van der Waals surface area contributed by atoms with E-state index in [1.165, 1.54) is 0 Å². The molecule has 0 spiro atoms. The number of ether oxygens (including phenoxy) is 1. The summed E-state index contributed by atoms with van der Waals surface area (Å²) in [6, 6.07) is 7.65. The van der Waals surface area contributed by atoms with Crippen molar-refractivity contribution in [1.82, 2.24) is 14.9 Å². The molecule has 0 aliphatic carbocycles. The van der Waals surface area contributed by atoms with Gasteiger partial charge in [-0.25, -0.2) is 0 Å². The number of nitrogens with zero attached hydrogens (tertiary/aromatic N) is 3. The number of methoxy groups -OCH3 is 1. The Labute approximate surface area is 110 Å². The second kappa shape index (κ2) is 5.59. The van der Waals surface area contributed by atoms with Crippen LogP contribution in [-0.2, 0) is 6.42 Å². The Hall–Kier alpha value is -1.95. The van der Waals surface area contributed by atoms with Gasteiger partial charge < -0.3 is 4.74 Å². The van der Waals surface area contributed by atoms with Crippen molar-refractivity contribution in [2.75, 3.05) is 7.11 Å². The highest BCUT2D eigenvalue weighted by atomic mass is 32.1. The minimum absolute atomic E-state index is 0.492. The zero-order valence-corrected chi connectivity index (χ0v) is 11.1. The summed E-state index contributed by atoms with van der Waals surface area (Å²) in [5.41, 5.74) is 0.944. The van der Waals surface area contributed by atoms with E-state index in [-0.39, 0.29) is 0 Å². The molecule has 6 heteroatoms. The molecule has 2 aromatic rings. The molecule has 0 fully saturated rings. The summed E-state index contributed by atoms with van der Waals surface area (Å²) < 4.78 is 7.26. The van der Waals surface area contributed by atoms with Gasteiger partial charge in [0.05, 0.1) is 13.3 Å². The Morgan fingerprint density at radius 2 is 2.39 bits per heavy atom. The number of aryl methyl sites for hydroxylation is 1. The monoisotopic (exact) mass is 262 g/mol. The fourth-order valence-electron chi connectivity index (χ4n) is 1.52. The number of hydrogen-bond donors (Lipinski definition) is 1. The van der Waals surface area contributed by atoms with E-state index in [0.29, 0.717) is 4.77 Å². The van der Waals surface area contributed by atoms with Crippen LogP contribution in [0.25, 0.3) is 0 Å². The smallest absolute Gasteiger partial charge is 0.216 e. The molecule has 0 aliphatic heterocycles. The van der Waals surface area contributed by atoms with E-state index < -0.39 is 0 Å². The topological polar surface area (TPSA) is 55.2 Å². The van der Waals surface area contributed by atoms with Crippen LogP contribution in [0.2, 0.25) is 0 Å². The second-order valence-corrected chi connectivity index (χ2v) is 4.02. The Morgan fingerprint density at radius 3 is 3.11 bits per heavy atom. The third kappa shape index (κ3) is 2.65. The number of hydrogen-bond acceptors (Lipinski definition) is 4. The fourth-order valence-corrected chi connectivity index (χ4v) is 1.72. The first-order valence-electron chi connectivity index (χ1n) is 5.59. The third-order valence-electron chi connectivity index (χ3n) is 2.45. The van der Waals surface area contributed by atoms with E-state index in [9.17, 15) is 0 Å². The summed E-state index contributed by atoms with van der Waals surface area (Å²) in [5.74, 6) is 1.60. The molecule has 0 amide bonds. The van der Waals surface area contributed by atoms with Crippen molar-refractivity contribution in [3.8, 4) is 5.75 Å². The van der Waals surface area contributed by atoms with Gasteiger partial charge in [0, 0.05) is 6.42 Å². The zero-order chi connectivity index (χ0) is 13.0. The summed E-state index contributed by atoms with van der Waals surface area (Å²) in [4.78, 5) is 0. The third-order valence-corrected chi connectivity index (χ3v) is 2.71. The quantitative estimate of drug-likeness (QED) is 0.680. The summed E-state index contributed by atoms with van der Waals surface area (Å²) >= 11 is 5.11. The Morgan fingerprint density at radius 1 is 1.56 bits per heavy atom. The largest absolute Gasteiger partial charge is 0.497 e. The fraction of sp³-hybridized carbons (Fsp3) is 0.250. The minimum Gasteiger partial charge on any atom is -0.497 e. The van der Waals surface area contributed by atoms with E-state index in [1.54, 1.807) is 18.0 Å². The highest BCUT2D eigenvalue weighted by Gasteiger charge is 2.01. The van der Waals surface area contributed by atoms with Gasteiger partial charge in [0.2, 0.25) is 4.77 Å². The highest BCUT2D eigenvalue weighted by Crippen LogP contribution is 2.11. The first-order valence-corrected chi connectivity index (χ1v) is 6.00. The Bertz CT molecular complexity index is 615. The van der Waals surface area contributed by atoms with E-state index in [1.807, 2.05) is 31.2 Å². The maximum atomic E-state index is 5.15. The van der Waals surface area contributed by atoms with E-state index in [2.05, 4.69) is 15.3 Å². The first kappa shape index (κ1) is 12.5. The van der Waals surface area contributed by atoms with E-state index >= 15 is 0 Å². The van der Waals surface area contributed by atoms with Gasteiger partial charge in [0.15, 0.2) is 5.82 Å². The van der Waals surface area contributed by atoms with Crippen molar-refractivity contribution in [2.24, 2.45) is 5.10 Å². The van der Waals surface area contributed by atoms with Gasteiger partial charge in [-0.1, -0.05) is 19.1 Å². The van der Waals surface area contributed by atoms with Crippen LogP contribution < -0.4 is 4.74 Å². The molecular weight excluding hydrogens is 248 g/mol. The molecule has 1 heterocycles. The predicted octanol–water partition coefficient (Wildman–Crippen LogP) is 2.39. The lowest BCUT2D eigenvalue weighted by Gasteiger charge is -2.00. The van der Waals surface area contributed by atoms with E-state index in [4.69, 9.17) is 17.0 Å². The number of benzene rings is 1. The molecule has 1 aromatic heterocycles. The molecule has 0 saturated carbocycles. The van der Waals surface area contributed by atoms with Crippen LogP contribution >= 0.6 is 12.2 Å². The molecule has 0 aliphatic rings. The van der Waals surface area contributed by atoms with Crippen molar-refractivity contribution in [1.29, 1.82) is 0 Å². The zero-order valence-electron chi connectivity index (χ0n) is 10.3. The number of nitrogens with one attached hydrogen (secondary N) is 1. The number of rotatable bonds is 4. The van der Waals surface area contributed by atoms with E-state index in [0.717, 1.165) is 23.6 Å². The lowest BCUT2D eigenvalue weighted by atomic mass is 10.2. The van der Waals surface area contributed by atoms with Crippen molar-refractivity contribution >= 4 is 18.4 Å². The molecule has 0 unspecified atom stereocenters. The van der Waals surface area contributed by atoms with Crippen LogP contribution in [0.3, 0.4) is 0 Å². The molecule has 94 valence electrons. The van der Waals surface area contributed by atoms with Crippen LogP contribution in [0.1, 0.15) is 18.3 Å². The summed E-state index contributed by atoms with van der Waals surface area (Å²) in [6.45, 7) is 2.00. The molecule has 2 rings (SSSR count). The summed E-state index contributed by atoms with van der Waals surface area (Å²) in [7, 11) is 1.64. The van der Waals surface area contributed by atoms with Crippen LogP contribution in [0.4, 0.5) is 0 Å². The second-order valence-electron chi connectivity index (χ2n) is 3.63. The Kier molecular flexibility index (Phi) is 3.88. The summed E-state index contributed by atoms with van der Waals surface area (Å²) in [5, 5.41) is 11.1. The van der Waals surface area contributed by atoms with Gasteiger partial charge >= 0.3 is 0 Å². The number of H-pyrrole nitrogens is 1. The SMILES string of the molecule is CCc1n[nH]c(=S)n1/N=C/c1cccc(OC)c1. The molecule has 0 bridgehead atoms. The van der Waals surface area contributed by atoms with Crippen LogP contribution in [0.15, 0.2) is 29.4 Å². The van der Waals surface area contributed by atoms with Gasteiger partial charge in [-0.05, 0) is 29.9 Å². The van der Waals surface area contributed by atoms with Gasteiger partial charge in [-0.3, -0.25) is 5.10 Å². The summed E-state index contributed by atoms with van der Waals surface area (Å²) in [6.07, 6.45) is 2.50. The first-order chi connectivity index (χ1) is 8.74. The average Bonchev–Trinajstić information content (AvgIpc) is 2.77. The van der Waals surface area contributed by atoms with Gasteiger partial charge in [0.25, 0.3) is 0 Å². The molecule has 1 N–H and O–H groups in total. The lowest BCUT2D eigenvalue weighted by molar-refractivity contribution is 0.415. The molecule has 0 radical (unpaired) electrons. The van der Waals surface area contributed by atoms with Crippen molar-refractivity contribution in [3.05, 3.63) is 40.4 Å². The van der Waals surface area contributed by atoms with Crippen molar-refractivity contribution < 1.29 is 4.74 Å². The number of aromatic amines is 1. The average molecular weight is 262 g/mol. The standard InChI is InChI=1S/C12H14N4OS/c1-3-11-14-15-12(18)16(11)13-8-9-5-4-6-10(7-9)17-2/h4-8H,3H2,1-2H3,(H,15,18)/b13-8+. The molecular formula is C12H14N4OS.